The summed E-state index contributed by atoms with van der Waals surface area (Å²) in [6.07, 6.45) is 7.00. The van der Waals surface area contributed by atoms with Crippen molar-refractivity contribution in [3.63, 3.8) is 0 Å². The molecule has 3 N–H and O–H groups in total. The van der Waals surface area contributed by atoms with Gasteiger partial charge in [0.1, 0.15) is 18.2 Å². The van der Waals surface area contributed by atoms with Crippen LogP contribution in [0.3, 0.4) is 0 Å². The average Bonchev–Trinajstić information content (AvgIpc) is 3.51. The average molecular weight is 490 g/mol. The number of hydrogen-bond donors (Lipinski definition) is 3. The molecule has 186 valence electrons. The van der Waals surface area contributed by atoms with Crippen LogP contribution in [0.15, 0.2) is 49.3 Å². The number of carbonyl (C=O) groups excluding carboxylic acids is 2. The number of pyridine rings is 1. The molecule has 36 heavy (non-hydrogen) atoms. The Labute approximate surface area is 208 Å². The van der Waals surface area contributed by atoms with Gasteiger partial charge in [0.15, 0.2) is 0 Å². The highest BCUT2D eigenvalue weighted by atomic mass is 19.1. The maximum Gasteiger partial charge on any atom is 0.255 e. The fourth-order valence-corrected chi connectivity index (χ4v) is 4.89. The number of fused-ring (bicyclic) bond motifs is 1. The van der Waals surface area contributed by atoms with E-state index in [-0.39, 0.29) is 23.7 Å². The smallest absolute Gasteiger partial charge is 0.255 e. The molecular weight excluding hydrogens is 461 g/mol. The second-order valence-electron chi connectivity index (χ2n) is 8.99. The van der Waals surface area contributed by atoms with Gasteiger partial charge in [-0.15, -0.1) is 0 Å². The predicted octanol–water partition coefficient (Wildman–Crippen LogP) is 4.11. The summed E-state index contributed by atoms with van der Waals surface area (Å²) in [6, 6.07) is 6.56. The zero-order valence-electron chi connectivity index (χ0n) is 20.1. The summed E-state index contributed by atoms with van der Waals surface area (Å²) in [7, 11) is 0. The molecule has 0 aliphatic carbocycles. The number of ether oxygens (including phenoxy) is 1. The first kappa shape index (κ1) is 23.6. The van der Waals surface area contributed by atoms with Crippen LogP contribution < -0.4 is 15.4 Å². The van der Waals surface area contributed by atoms with Gasteiger partial charge < -0.3 is 25.3 Å². The van der Waals surface area contributed by atoms with E-state index in [9.17, 15) is 14.0 Å². The van der Waals surface area contributed by atoms with Crippen molar-refractivity contribution in [2.45, 2.75) is 32.2 Å². The molecule has 4 heterocycles. The number of amides is 2. The number of rotatable bonds is 7. The Balaban J connectivity index is 1.52. The largest absolute Gasteiger partial charge is 0.489 e. The zero-order valence-corrected chi connectivity index (χ0v) is 20.1. The van der Waals surface area contributed by atoms with Crippen LogP contribution >= 0.6 is 0 Å². The minimum atomic E-state index is -0.335. The lowest BCUT2D eigenvalue weighted by Gasteiger charge is -2.24. The summed E-state index contributed by atoms with van der Waals surface area (Å²) in [5.74, 6) is -0.115. The second kappa shape index (κ2) is 9.85. The fourth-order valence-electron chi connectivity index (χ4n) is 4.89. The van der Waals surface area contributed by atoms with Gasteiger partial charge in [-0.05, 0) is 44.0 Å². The molecule has 1 aromatic carbocycles. The van der Waals surface area contributed by atoms with E-state index in [2.05, 4.69) is 27.2 Å². The molecule has 2 aliphatic rings. The van der Waals surface area contributed by atoms with Gasteiger partial charge in [0, 0.05) is 48.2 Å². The number of hydrogen-bond acceptors (Lipinski definition) is 5. The Morgan fingerprint density at radius 3 is 3.08 bits per heavy atom. The van der Waals surface area contributed by atoms with E-state index >= 15 is 0 Å². The lowest BCUT2D eigenvalue weighted by Crippen LogP contribution is -2.38. The number of carbonyl (C=O) groups is 2. The van der Waals surface area contributed by atoms with Gasteiger partial charge in [0.25, 0.3) is 5.91 Å². The van der Waals surface area contributed by atoms with Crippen LogP contribution in [0.4, 0.5) is 15.8 Å². The molecule has 9 heteroatoms. The minimum Gasteiger partial charge on any atom is -0.489 e. The minimum absolute atomic E-state index is 0.0567. The lowest BCUT2D eigenvalue weighted by atomic mass is 10.0. The van der Waals surface area contributed by atoms with Gasteiger partial charge in [-0.2, -0.15) is 0 Å². The normalized spacial score (nSPS) is 16.9. The van der Waals surface area contributed by atoms with Crippen LogP contribution in [0.2, 0.25) is 0 Å². The van der Waals surface area contributed by atoms with Crippen LogP contribution in [-0.4, -0.2) is 52.4 Å². The van der Waals surface area contributed by atoms with Crippen LogP contribution in [0.25, 0.3) is 11.3 Å². The van der Waals surface area contributed by atoms with Crippen molar-refractivity contribution in [3.8, 4) is 17.0 Å². The molecule has 2 amide bonds. The summed E-state index contributed by atoms with van der Waals surface area (Å²) in [5.41, 5.74) is 4.24. The van der Waals surface area contributed by atoms with Crippen LogP contribution in [-0.2, 0) is 11.2 Å². The summed E-state index contributed by atoms with van der Waals surface area (Å²) >= 11 is 0. The maximum absolute atomic E-state index is 14.3. The Hall–Kier alpha value is -4.14. The zero-order chi connectivity index (χ0) is 25.2. The topological polar surface area (TPSA) is 99.3 Å². The van der Waals surface area contributed by atoms with E-state index in [1.807, 2.05) is 6.07 Å². The van der Waals surface area contributed by atoms with Crippen LogP contribution in [0.5, 0.6) is 5.75 Å². The summed E-state index contributed by atoms with van der Waals surface area (Å²) in [5, 5.41) is 6.19. The fraction of sp³-hybridized carbons (Fsp3) is 0.296. The molecule has 0 saturated carbocycles. The van der Waals surface area contributed by atoms with Crippen molar-refractivity contribution in [1.82, 2.24) is 20.2 Å². The number of nitrogens with zero attached hydrogens (tertiary/aromatic N) is 2. The summed E-state index contributed by atoms with van der Waals surface area (Å²) in [6.45, 7) is 6.80. The van der Waals surface area contributed by atoms with Gasteiger partial charge in [0.2, 0.25) is 5.91 Å². The monoisotopic (exact) mass is 489 g/mol. The van der Waals surface area contributed by atoms with Crippen LogP contribution in [0.1, 0.15) is 34.5 Å². The number of aromatic amines is 1. The SMILES string of the molecule is C=CC(=O)N1CCC[C@H]1COc1cnccc1-c1[nH]c2c(c1Nc1cccc(F)c1C)C(=O)NCC2. The van der Waals surface area contributed by atoms with E-state index in [1.165, 1.54) is 12.1 Å². The first-order valence-corrected chi connectivity index (χ1v) is 12.0. The van der Waals surface area contributed by atoms with E-state index < -0.39 is 0 Å². The van der Waals surface area contributed by atoms with Crippen molar-refractivity contribution >= 4 is 23.2 Å². The Bertz CT molecular complexity index is 1330. The highest BCUT2D eigenvalue weighted by Gasteiger charge is 2.30. The third kappa shape index (κ3) is 4.32. The number of benzene rings is 1. The molecule has 0 radical (unpaired) electrons. The van der Waals surface area contributed by atoms with Crippen molar-refractivity contribution in [3.05, 3.63) is 72.0 Å². The van der Waals surface area contributed by atoms with Crippen molar-refractivity contribution in [2.75, 3.05) is 25.0 Å². The van der Waals surface area contributed by atoms with E-state index in [0.717, 1.165) is 18.5 Å². The molecule has 2 aliphatic heterocycles. The Morgan fingerprint density at radius 2 is 2.25 bits per heavy atom. The summed E-state index contributed by atoms with van der Waals surface area (Å²) in [4.78, 5) is 34.5. The molecule has 0 unspecified atom stereocenters. The van der Waals surface area contributed by atoms with Crippen molar-refractivity contribution < 1.29 is 18.7 Å². The van der Waals surface area contributed by atoms with Crippen molar-refractivity contribution in [2.24, 2.45) is 0 Å². The molecular formula is C27H28FN5O3. The molecule has 1 atom stereocenters. The number of halogens is 1. The Kier molecular flexibility index (Phi) is 6.45. The molecule has 5 rings (SSSR count). The quantitative estimate of drug-likeness (QED) is 0.434. The molecule has 0 spiro atoms. The molecule has 0 bridgehead atoms. The molecule has 1 saturated heterocycles. The molecule has 1 fully saturated rings. The van der Waals surface area contributed by atoms with Gasteiger partial charge in [-0.1, -0.05) is 12.6 Å². The molecule has 8 nitrogen and oxygen atoms in total. The number of H-pyrrole nitrogens is 1. The highest BCUT2D eigenvalue weighted by Crippen LogP contribution is 2.41. The lowest BCUT2D eigenvalue weighted by molar-refractivity contribution is -0.127. The predicted molar refractivity (Wildman–Crippen MR) is 135 cm³/mol. The Morgan fingerprint density at radius 1 is 1.39 bits per heavy atom. The number of likely N-dealkylation sites (tertiary alicyclic amines) is 1. The highest BCUT2D eigenvalue weighted by molar-refractivity contribution is 6.06. The molecule has 2 aromatic heterocycles. The third-order valence-corrected chi connectivity index (χ3v) is 6.81. The van der Waals surface area contributed by atoms with E-state index in [4.69, 9.17) is 4.74 Å². The number of nitrogens with one attached hydrogen (secondary N) is 3. The second-order valence-corrected chi connectivity index (χ2v) is 8.99. The van der Waals surface area contributed by atoms with Crippen LogP contribution in [0, 0.1) is 12.7 Å². The van der Waals surface area contributed by atoms with E-state index in [1.54, 1.807) is 36.4 Å². The number of aromatic nitrogens is 2. The first-order valence-electron chi connectivity index (χ1n) is 12.0. The maximum atomic E-state index is 14.3. The summed E-state index contributed by atoms with van der Waals surface area (Å²) < 4.78 is 20.5. The number of anilines is 2. The van der Waals surface area contributed by atoms with Gasteiger partial charge in [-0.25, -0.2) is 4.39 Å². The van der Waals surface area contributed by atoms with E-state index in [0.29, 0.717) is 65.6 Å². The van der Waals surface area contributed by atoms with Gasteiger partial charge in [-0.3, -0.25) is 14.6 Å². The third-order valence-electron chi connectivity index (χ3n) is 6.81. The van der Waals surface area contributed by atoms with Gasteiger partial charge >= 0.3 is 0 Å². The van der Waals surface area contributed by atoms with Crippen molar-refractivity contribution in [1.29, 1.82) is 0 Å². The first-order chi connectivity index (χ1) is 17.5. The standard InChI is InChI=1S/C27H28FN5O3/c1-3-23(34)33-13-5-6-17(33)15-36-22-14-29-11-9-18(22)25-26(24-21(32-25)10-12-30-27(24)35)31-20-8-4-7-19(28)16(20)2/h3-4,7-9,11,14,17,31-32H,1,5-6,10,12-13,15H2,2H3,(H,30,35)/t17-/m0/s1. The molecule has 3 aromatic rings. The van der Waals surface area contributed by atoms with Gasteiger partial charge in [0.05, 0.1) is 29.2 Å².